The van der Waals surface area contributed by atoms with Gasteiger partial charge < -0.3 is 14.6 Å². The fourth-order valence-corrected chi connectivity index (χ4v) is 6.43. The number of hydrogen-bond donors (Lipinski definition) is 1. The average Bonchev–Trinajstić information content (AvgIpc) is 3.26. The van der Waals surface area contributed by atoms with Crippen molar-refractivity contribution in [1.29, 1.82) is 0 Å². The molecule has 1 aliphatic heterocycles. The third-order valence-corrected chi connectivity index (χ3v) is 9.07. The quantitative estimate of drug-likeness (QED) is 0.245. The zero-order chi connectivity index (χ0) is 37.8. The second kappa shape index (κ2) is 13.0. The molecule has 1 heterocycles. The van der Waals surface area contributed by atoms with Gasteiger partial charge in [0, 0.05) is 5.56 Å². The molecule has 272 valence electrons. The van der Waals surface area contributed by atoms with Crippen LogP contribution in [0.25, 0.3) is 22.3 Å². The van der Waals surface area contributed by atoms with E-state index in [2.05, 4.69) is 0 Å². The summed E-state index contributed by atoms with van der Waals surface area (Å²) in [5.41, 5.74) is -2.57. The number of aromatic carboxylic acids is 1. The molecule has 1 fully saturated rings. The van der Waals surface area contributed by atoms with Crippen molar-refractivity contribution in [2.24, 2.45) is 5.92 Å². The van der Waals surface area contributed by atoms with Crippen molar-refractivity contribution >= 4 is 12.1 Å². The van der Waals surface area contributed by atoms with Crippen LogP contribution in [-0.2, 0) is 17.5 Å². The average molecular weight is 728 g/mol. The largest absolute Gasteiger partial charge is 0.496 e. The number of hydrogen-bond acceptors (Lipinski definition) is 4. The molecule has 1 N–H and O–H groups in total. The van der Waals surface area contributed by atoms with Crippen LogP contribution in [0.1, 0.15) is 47.3 Å². The molecule has 15 heteroatoms. The zero-order valence-electron chi connectivity index (χ0n) is 27.3. The summed E-state index contributed by atoms with van der Waals surface area (Å²) in [6.07, 6.45) is -18.1. The molecule has 2 unspecified atom stereocenters. The van der Waals surface area contributed by atoms with Crippen LogP contribution in [0.5, 0.6) is 5.75 Å². The summed E-state index contributed by atoms with van der Waals surface area (Å²) in [5.74, 6) is -3.44. The van der Waals surface area contributed by atoms with E-state index in [-0.39, 0.29) is 34.1 Å². The monoisotopic (exact) mass is 727 g/mol. The number of rotatable bonds is 7. The Morgan fingerprint density at radius 3 is 2.16 bits per heavy atom. The highest BCUT2D eigenvalue weighted by Gasteiger charge is 2.53. The van der Waals surface area contributed by atoms with Gasteiger partial charge in [0.2, 0.25) is 0 Å². The number of carboxylic acid groups (broad SMARTS) is 1. The van der Waals surface area contributed by atoms with Gasteiger partial charge in [0.1, 0.15) is 11.9 Å². The summed E-state index contributed by atoms with van der Waals surface area (Å²) < 4.78 is 135. The third kappa shape index (κ3) is 7.42. The highest BCUT2D eigenvalue weighted by Crippen LogP contribution is 2.47. The number of amides is 1. The predicted octanol–water partition coefficient (Wildman–Crippen LogP) is 10.2. The van der Waals surface area contributed by atoms with Crippen LogP contribution in [0.3, 0.4) is 0 Å². The first-order chi connectivity index (χ1) is 23.5. The number of methoxy groups -OCH3 is 1. The number of carbonyl (C=O) groups excluding carboxylic acids is 1. The molecule has 0 spiro atoms. The summed E-state index contributed by atoms with van der Waals surface area (Å²) >= 11 is 0. The summed E-state index contributed by atoms with van der Waals surface area (Å²) in [6.45, 7) is 3.78. The molecule has 0 radical (unpaired) electrons. The van der Waals surface area contributed by atoms with E-state index in [1.165, 1.54) is 39.2 Å². The molecule has 51 heavy (non-hydrogen) atoms. The summed E-state index contributed by atoms with van der Waals surface area (Å²) in [6, 6.07) is 12.0. The minimum absolute atomic E-state index is 0.0389. The maximum atomic E-state index is 14.0. The molecule has 5 rings (SSSR count). The van der Waals surface area contributed by atoms with Crippen LogP contribution < -0.4 is 4.74 Å². The third-order valence-electron chi connectivity index (χ3n) is 9.07. The van der Waals surface area contributed by atoms with Crippen molar-refractivity contribution in [2.45, 2.75) is 63.9 Å². The number of carboxylic acids is 1. The van der Waals surface area contributed by atoms with E-state index in [4.69, 9.17) is 9.47 Å². The van der Waals surface area contributed by atoms with E-state index < -0.39 is 77.8 Å². The van der Waals surface area contributed by atoms with Gasteiger partial charge in [0.15, 0.2) is 0 Å². The lowest BCUT2D eigenvalue weighted by Gasteiger charge is -2.35. The number of cyclic esters (lactones) is 1. The van der Waals surface area contributed by atoms with E-state index >= 15 is 0 Å². The number of ether oxygens (including phenoxy) is 2. The molecule has 0 bridgehead atoms. The second-order valence-electron chi connectivity index (χ2n) is 12.8. The van der Waals surface area contributed by atoms with E-state index in [9.17, 15) is 54.2 Å². The Kier molecular flexibility index (Phi) is 9.50. The van der Waals surface area contributed by atoms with Crippen LogP contribution >= 0.6 is 0 Å². The van der Waals surface area contributed by atoms with Crippen LogP contribution in [0.15, 0.2) is 77.9 Å². The Labute approximate surface area is 285 Å². The minimum Gasteiger partial charge on any atom is -0.496 e. The van der Waals surface area contributed by atoms with Gasteiger partial charge in [-0.25, -0.2) is 9.59 Å². The molecule has 2 atom stereocenters. The van der Waals surface area contributed by atoms with Gasteiger partial charge in [-0.3, -0.25) is 4.90 Å². The van der Waals surface area contributed by atoms with Crippen LogP contribution in [0.2, 0.25) is 0 Å². The van der Waals surface area contributed by atoms with Crippen molar-refractivity contribution in [1.82, 2.24) is 4.90 Å². The van der Waals surface area contributed by atoms with Gasteiger partial charge in [0.05, 0.1) is 41.8 Å². The number of nitrogens with zero attached hydrogens (tertiary/aromatic N) is 1. The maximum absolute atomic E-state index is 14.0. The number of alkyl halides is 9. The Balaban J connectivity index is 1.60. The Bertz CT molecular complexity index is 1940. The maximum Gasteiger partial charge on any atom is 0.416 e. The van der Waals surface area contributed by atoms with E-state index in [0.717, 1.165) is 17.0 Å². The van der Waals surface area contributed by atoms with E-state index in [1.807, 2.05) is 0 Å². The topological polar surface area (TPSA) is 76.1 Å². The van der Waals surface area contributed by atoms with Gasteiger partial charge in [-0.05, 0) is 103 Å². The lowest BCUT2D eigenvalue weighted by atomic mass is 9.81. The first-order valence-electron chi connectivity index (χ1n) is 15.3. The molecule has 1 aliphatic carbocycles. The first kappa shape index (κ1) is 37.3. The zero-order valence-corrected chi connectivity index (χ0v) is 27.3. The fraction of sp³-hybridized carbons (Fsp3) is 0.333. The van der Waals surface area contributed by atoms with Crippen molar-refractivity contribution in [2.75, 3.05) is 7.11 Å². The van der Waals surface area contributed by atoms with Crippen molar-refractivity contribution in [3.8, 4) is 28.0 Å². The normalized spacial score (nSPS) is 19.4. The minimum atomic E-state index is -5.14. The lowest BCUT2D eigenvalue weighted by molar-refractivity contribution is -0.163. The SMILES string of the molecule is COc1ccc(-c2ccc(C(=O)O)cc2C)cc1-c1ccc(C(F)(F)F)cc1CN1C(=O)OC(C2=CC(C(F)(F)F)=CC(C(F)(F)F)C2)C1(C)C. The van der Waals surface area contributed by atoms with Gasteiger partial charge in [0.25, 0.3) is 0 Å². The van der Waals surface area contributed by atoms with Gasteiger partial charge in [-0.1, -0.05) is 24.3 Å². The Morgan fingerprint density at radius 1 is 0.922 bits per heavy atom. The van der Waals surface area contributed by atoms with Crippen LogP contribution in [0, 0.1) is 12.8 Å². The molecule has 2 aliphatic rings. The molecule has 0 aromatic heterocycles. The fourth-order valence-electron chi connectivity index (χ4n) is 6.43. The summed E-state index contributed by atoms with van der Waals surface area (Å²) in [5, 5.41) is 9.36. The van der Waals surface area contributed by atoms with Gasteiger partial charge in [-0.15, -0.1) is 0 Å². The number of allylic oxidation sites excluding steroid dienone is 3. The lowest BCUT2D eigenvalue weighted by Crippen LogP contribution is -2.47. The van der Waals surface area contributed by atoms with E-state index in [1.54, 1.807) is 31.2 Å². The summed E-state index contributed by atoms with van der Waals surface area (Å²) in [4.78, 5) is 25.8. The molecule has 1 saturated heterocycles. The highest BCUT2D eigenvalue weighted by molar-refractivity contribution is 5.89. The first-order valence-corrected chi connectivity index (χ1v) is 15.3. The molecule has 3 aromatic rings. The molecular weight excluding hydrogens is 697 g/mol. The Hall–Kier alpha value is -4.95. The van der Waals surface area contributed by atoms with Crippen LogP contribution in [0.4, 0.5) is 44.3 Å². The highest BCUT2D eigenvalue weighted by atomic mass is 19.4. The molecule has 3 aromatic carbocycles. The van der Waals surface area contributed by atoms with Crippen LogP contribution in [-0.4, -0.2) is 53.2 Å². The summed E-state index contributed by atoms with van der Waals surface area (Å²) in [7, 11) is 1.33. The van der Waals surface area contributed by atoms with Crippen molar-refractivity contribution < 1.29 is 63.7 Å². The smallest absolute Gasteiger partial charge is 0.416 e. The number of halogens is 9. The van der Waals surface area contributed by atoms with Gasteiger partial charge in [-0.2, -0.15) is 39.5 Å². The molecule has 0 saturated carbocycles. The number of carbonyl (C=O) groups is 2. The van der Waals surface area contributed by atoms with Crippen molar-refractivity contribution in [3.63, 3.8) is 0 Å². The predicted molar refractivity (Wildman–Crippen MR) is 167 cm³/mol. The number of aryl methyl sites for hydroxylation is 1. The van der Waals surface area contributed by atoms with Gasteiger partial charge >= 0.3 is 30.6 Å². The standard InChI is InChI=1S/C36H30F9NO5/c1-18-11-20(31(47)48)5-8-26(18)19-6-10-29(50-4)28(15-19)27-9-7-23(34(37,38)39)14-22(27)17-46-32(49)51-30(33(46,2)3)21-12-24(35(40,41)42)16-25(13-21)36(43,44)45/h5-12,14-16,25,30H,13,17H2,1-4H3,(H,47,48). The Morgan fingerprint density at radius 2 is 1.59 bits per heavy atom. The molecular formula is C36H30F9NO5. The van der Waals surface area contributed by atoms with Crippen molar-refractivity contribution in [3.05, 3.63) is 100 Å². The molecule has 6 nitrogen and oxygen atoms in total. The number of benzene rings is 3. The van der Waals surface area contributed by atoms with E-state index in [0.29, 0.717) is 22.8 Å². The molecule has 1 amide bonds. The second-order valence-corrected chi connectivity index (χ2v) is 12.8.